The molecule has 0 radical (unpaired) electrons. The van der Waals surface area contributed by atoms with Crippen molar-refractivity contribution in [1.82, 2.24) is 9.66 Å². The Hall–Kier alpha value is -3.49. The van der Waals surface area contributed by atoms with E-state index in [4.69, 9.17) is 21.3 Å². The molecule has 0 saturated carbocycles. The van der Waals surface area contributed by atoms with Gasteiger partial charge in [-0.15, -0.1) is 0 Å². The van der Waals surface area contributed by atoms with Crippen LogP contribution in [0.2, 0.25) is 5.02 Å². The van der Waals surface area contributed by atoms with Crippen LogP contribution < -0.4 is 15.6 Å². The minimum atomic E-state index is -0.299. The van der Waals surface area contributed by atoms with Gasteiger partial charge in [0, 0.05) is 26.7 Å². The normalized spacial score (nSPS) is 12.1. The van der Waals surface area contributed by atoms with Gasteiger partial charge in [0.1, 0.15) is 11.6 Å². The molecule has 37 heavy (non-hydrogen) atoms. The van der Waals surface area contributed by atoms with E-state index in [0.29, 0.717) is 33.1 Å². The van der Waals surface area contributed by atoms with Crippen LogP contribution in [-0.2, 0) is 4.79 Å². The number of aryl methyl sites for hydroxylation is 1. The zero-order valence-corrected chi connectivity index (χ0v) is 23.0. The Balaban J connectivity index is 1.64. The van der Waals surface area contributed by atoms with Crippen molar-refractivity contribution in [2.75, 3.05) is 11.9 Å². The summed E-state index contributed by atoms with van der Waals surface area (Å²) in [5.41, 5.74) is 2.53. The predicted molar refractivity (Wildman–Crippen MR) is 152 cm³/mol. The molecule has 1 N–H and O–H groups in total. The molecular weight excluding hydrogens is 556 g/mol. The van der Waals surface area contributed by atoms with Crippen LogP contribution in [0, 0.1) is 6.92 Å². The first-order valence-corrected chi connectivity index (χ1v) is 13.0. The molecular formula is C28H26BrClN4O3. The van der Waals surface area contributed by atoms with Gasteiger partial charge in [0.2, 0.25) is 0 Å². The SMILES string of the molecule is CC[C@@H](C)c1nc2ccc(Br)cc2c(=O)n1N=Cc1cc(Cl)ccc1OCC(=O)Nc1ccccc1C. The van der Waals surface area contributed by atoms with E-state index in [9.17, 15) is 9.59 Å². The summed E-state index contributed by atoms with van der Waals surface area (Å²) < 4.78 is 7.89. The van der Waals surface area contributed by atoms with Crippen molar-refractivity contribution in [2.45, 2.75) is 33.1 Å². The Bertz CT molecular complexity index is 1550. The van der Waals surface area contributed by atoms with Crippen LogP contribution in [0.1, 0.15) is 43.1 Å². The minimum absolute atomic E-state index is 0.00174. The van der Waals surface area contributed by atoms with Crippen molar-refractivity contribution in [3.05, 3.63) is 97.5 Å². The number of carbonyl (C=O) groups excluding carboxylic acids is 1. The summed E-state index contributed by atoms with van der Waals surface area (Å²) in [5.74, 6) is 0.660. The third kappa shape index (κ3) is 6.26. The van der Waals surface area contributed by atoms with E-state index >= 15 is 0 Å². The van der Waals surface area contributed by atoms with Gasteiger partial charge in [-0.1, -0.05) is 59.6 Å². The Kier molecular flexibility index (Phi) is 8.41. The summed E-state index contributed by atoms with van der Waals surface area (Å²) >= 11 is 9.66. The molecule has 4 aromatic rings. The number of amides is 1. The summed E-state index contributed by atoms with van der Waals surface area (Å²) in [4.78, 5) is 30.6. The zero-order chi connectivity index (χ0) is 26.5. The summed E-state index contributed by atoms with van der Waals surface area (Å²) in [5, 5.41) is 8.26. The molecule has 0 aliphatic rings. The number of nitrogens with one attached hydrogen (secondary N) is 1. The van der Waals surface area contributed by atoms with Gasteiger partial charge in [0.15, 0.2) is 6.61 Å². The van der Waals surface area contributed by atoms with E-state index in [2.05, 4.69) is 26.3 Å². The van der Waals surface area contributed by atoms with Gasteiger partial charge in [-0.05, 0) is 61.4 Å². The van der Waals surface area contributed by atoms with E-state index in [1.165, 1.54) is 10.9 Å². The molecule has 190 valence electrons. The highest BCUT2D eigenvalue weighted by molar-refractivity contribution is 9.10. The lowest BCUT2D eigenvalue weighted by Crippen LogP contribution is -2.24. The number of hydrogen-bond acceptors (Lipinski definition) is 5. The van der Waals surface area contributed by atoms with Gasteiger partial charge in [-0.3, -0.25) is 9.59 Å². The van der Waals surface area contributed by atoms with Crippen LogP contribution in [0.4, 0.5) is 5.69 Å². The molecule has 0 unspecified atom stereocenters. The number of benzene rings is 3. The lowest BCUT2D eigenvalue weighted by molar-refractivity contribution is -0.118. The standard InChI is InChI=1S/C28H26BrClN4O3/c1-4-17(2)27-33-24-11-9-20(29)14-22(24)28(36)34(27)31-15-19-13-21(30)10-12-25(19)37-16-26(35)32-23-8-6-5-7-18(23)3/h5-15,17H,4,16H2,1-3H3,(H,32,35)/t17-/m1/s1. The molecule has 1 atom stereocenters. The maximum Gasteiger partial charge on any atom is 0.282 e. The molecule has 1 amide bonds. The number of aromatic nitrogens is 2. The van der Waals surface area contributed by atoms with Crippen LogP contribution >= 0.6 is 27.5 Å². The molecule has 0 bridgehead atoms. The molecule has 3 aromatic carbocycles. The Morgan fingerprint density at radius 2 is 2.00 bits per heavy atom. The number of fused-ring (bicyclic) bond motifs is 1. The summed E-state index contributed by atoms with van der Waals surface area (Å²) in [6.45, 7) is 5.74. The van der Waals surface area contributed by atoms with E-state index in [1.807, 2.05) is 57.2 Å². The zero-order valence-electron chi connectivity index (χ0n) is 20.7. The highest BCUT2D eigenvalue weighted by Gasteiger charge is 2.16. The highest BCUT2D eigenvalue weighted by Crippen LogP contribution is 2.24. The quantitative estimate of drug-likeness (QED) is 0.240. The first kappa shape index (κ1) is 26.6. The maximum atomic E-state index is 13.4. The number of ether oxygens (including phenoxy) is 1. The molecule has 7 nitrogen and oxygen atoms in total. The molecule has 1 heterocycles. The molecule has 9 heteroatoms. The fraction of sp³-hybridized carbons (Fsp3) is 0.214. The summed E-state index contributed by atoms with van der Waals surface area (Å²) in [7, 11) is 0. The van der Waals surface area contributed by atoms with Crippen molar-refractivity contribution in [2.24, 2.45) is 5.10 Å². The van der Waals surface area contributed by atoms with Crippen LogP contribution in [0.25, 0.3) is 10.9 Å². The minimum Gasteiger partial charge on any atom is -0.483 e. The van der Waals surface area contributed by atoms with Crippen molar-refractivity contribution in [3.63, 3.8) is 0 Å². The van der Waals surface area contributed by atoms with E-state index in [1.54, 1.807) is 24.3 Å². The summed E-state index contributed by atoms with van der Waals surface area (Å²) in [6, 6.07) is 17.9. The molecule has 0 aliphatic heterocycles. The van der Waals surface area contributed by atoms with Crippen LogP contribution in [-0.4, -0.2) is 28.4 Å². The van der Waals surface area contributed by atoms with Gasteiger partial charge in [-0.2, -0.15) is 9.78 Å². The van der Waals surface area contributed by atoms with E-state index < -0.39 is 0 Å². The lowest BCUT2D eigenvalue weighted by atomic mass is 10.1. The number of carbonyl (C=O) groups is 1. The van der Waals surface area contributed by atoms with Gasteiger partial charge in [-0.25, -0.2) is 4.98 Å². The number of nitrogens with zero attached hydrogens (tertiary/aromatic N) is 3. The first-order chi connectivity index (χ1) is 17.8. The number of hydrogen-bond donors (Lipinski definition) is 1. The van der Waals surface area contributed by atoms with Crippen LogP contribution in [0.15, 0.2) is 75.0 Å². The third-order valence-corrected chi connectivity index (χ3v) is 6.68. The Morgan fingerprint density at radius 3 is 2.76 bits per heavy atom. The second kappa shape index (κ2) is 11.7. The van der Waals surface area contributed by atoms with Gasteiger partial charge in [0.25, 0.3) is 11.5 Å². The van der Waals surface area contributed by atoms with Gasteiger partial charge < -0.3 is 10.1 Å². The topological polar surface area (TPSA) is 85.6 Å². The largest absolute Gasteiger partial charge is 0.483 e. The average molecular weight is 582 g/mol. The number of rotatable bonds is 8. The van der Waals surface area contributed by atoms with Crippen molar-refractivity contribution < 1.29 is 9.53 Å². The number of para-hydroxylation sites is 1. The van der Waals surface area contributed by atoms with Crippen molar-refractivity contribution >= 4 is 56.2 Å². The molecule has 0 fully saturated rings. The van der Waals surface area contributed by atoms with Gasteiger partial charge >= 0.3 is 0 Å². The second-order valence-electron chi connectivity index (χ2n) is 8.64. The highest BCUT2D eigenvalue weighted by atomic mass is 79.9. The molecule has 0 saturated heterocycles. The fourth-order valence-electron chi connectivity index (χ4n) is 3.69. The monoisotopic (exact) mass is 580 g/mol. The Labute approximate surface area is 228 Å². The average Bonchev–Trinajstić information content (AvgIpc) is 2.88. The second-order valence-corrected chi connectivity index (χ2v) is 9.99. The predicted octanol–water partition coefficient (Wildman–Crippen LogP) is 6.53. The van der Waals surface area contributed by atoms with Crippen molar-refractivity contribution in [3.8, 4) is 5.75 Å². The molecule has 1 aromatic heterocycles. The van der Waals surface area contributed by atoms with Crippen LogP contribution in [0.3, 0.4) is 0 Å². The van der Waals surface area contributed by atoms with Crippen molar-refractivity contribution in [1.29, 1.82) is 0 Å². The van der Waals surface area contributed by atoms with Gasteiger partial charge in [0.05, 0.1) is 17.1 Å². The third-order valence-electron chi connectivity index (χ3n) is 5.95. The van der Waals surface area contributed by atoms with Crippen LogP contribution in [0.5, 0.6) is 5.75 Å². The Morgan fingerprint density at radius 1 is 1.22 bits per heavy atom. The number of halogens is 2. The maximum absolute atomic E-state index is 13.4. The molecule has 4 rings (SSSR count). The molecule has 0 spiro atoms. The smallest absolute Gasteiger partial charge is 0.282 e. The molecule has 0 aliphatic carbocycles. The van der Waals surface area contributed by atoms with E-state index in [0.717, 1.165) is 22.1 Å². The first-order valence-electron chi connectivity index (χ1n) is 11.8. The lowest BCUT2D eigenvalue weighted by Gasteiger charge is -2.14. The fourth-order valence-corrected chi connectivity index (χ4v) is 4.24. The summed E-state index contributed by atoms with van der Waals surface area (Å²) in [6.07, 6.45) is 2.28. The number of anilines is 1. The van der Waals surface area contributed by atoms with E-state index in [-0.39, 0.29) is 24.0 Å².